The number of amides is 2. The topological polar surface area (TPSA) is 69.6 Å². The summed E-state index contributed by atoms with van der Waals surface area (Å²) in [6, 6.07) is 0.0649. The van der Waals surface area contributed by atoms with Gasteiger partial charge in [-0.2, -0.15) is 0 Å². The molecule has 1 fully saturated rings. The van der Waals surface area contributed by atoms with E-state index < -0.39 is 5.97 Å². The molecule has 0 saturated carbocycles. The fraction of sp³-hybridized carbons (Fsp3) is 0.818. The quantitative estimate of drug-likeness (QED) is 0.761. The maximum absolute atomic E-state index is 11.6. The molecule has 1 atom stereocenters. The minimum atomic E-state index is -0.813. The fourth-order valence-corrected chi connectivity index (χ4v) is 1.69. The van der Waals surface area contributed by atoms with Crippen LogP contribution in [0.5, 0.6) is 0 Å². The van der Waals surface area contributed by atoms with Crippen molar-refractivity contribution in [1.29, 1.82) is 0 Å². The van der Waals surface area contributed by atoms with Gasteiger partial charge in [0.15, 0.2) is 0 Å². The lowest BCUT2D eigenvalue weighted by atomic mass is 9.87. The van der Waals surface area contributed by atoms with Gasteiger partial charge in [-0.15, -0.1) is 0 Å². The summed E-state index contributed by atoms with van der Waals surface area (Å²) in [4.78, 5) is 23.6. The Morgan fingerprint density at radius 3 is 2.62 bits per heavy atom. The number of nitrogens with one attached hydrogen (secondary N) is 1. The van der Waals surface area contributed by atoms with Gasteiger partial charge in [0.2, 0.25) is 0 Å². The SMILES string of the molecule is CC(C)(C)C1CN(CCCC(=O)O)C(=O)N1. The molecule has 1 aliphatic heterocycles. The van der Waals surface area contributed by atoms with E-state index in [2.05, 4.69) is 26.1 Å². The highest BCUT2D eigenvalue weighted by Crippen LogP contribution is 2.23. The Kier molecular flexibility index (Phi) is 3.78. The number of carbonyl (C=O) groups is 2. The van der Waals surface area contributed by atoms with Gasteiger partial charge in [-0.3, -0.25) is 4.79 Å². The molecule has 1 aliphatic rings. The van der Waals surface area contributed by atoms with Crippen molar-refractivity contribution in [2.75, 3.05) is 13.1 Å². The minimum absolute atomic E-state index is 0.0389. The van der Waals surface area contributed by atoms with Gasteiger partial charge in [0.25, 0.3) is 0 Å². The van der Waals surface area contributed by atoms with Crippen molar-refractivity contribution in [3.63, 3.8) is 0 Å². The van der Waals surface area contributed by atoms with Gasteiger partial charge in [0.05, 0.1) is 6.04 Å². The zero-order valence-electron chi connectivity index (χ0n) is 10.1. The van der Waals surface area contributed by atoms with E-state index in [1.54, 1.807) is 4.90 Å². The summed E-state index contributed by atoms with van der Waals surface area (Å²) in [5.41, 5.74) is 0.0389. The molecule has 0 spiro atoms. The minimum Gasteiger partial charge on any atom is -0.481 e. The Hall–Kier alpha value is -1.26. The Labute approximate surface area is 95.8 Å². The van der Waals surface area contributed by atoms with Crippen LogP contribution < -0.4 is 5.32 Å². The number of carbonyl (C=O) groups excluding carboxylic acids is 1. The molecule has 0 aliphatic carbocycles. The van der Waals surface area contributed by atoms with Crippen molar-refractivity contribution in [3.05, 3.63) is 0 Å². The van der Waals surface area contributed by atoms with Crippen molar-refractivity contribution < 1.29 is 14.7 Å². The Morgan fingerprint density at radius 1 is 1.56 bits per heavy atom. The van der Waals surface area contributed by atoms with E-state index in [1.165, 1.54) is 0 Å². The maximum Gasteiger partial charge on any atom is 0.317 e. The predicted molar refractivity (Wildman–Crippen MR) is 60.2 cm³/mol. The van der Waals surface area contributed by atoms with Gasteiger partial charge >= 0.3 is 12.0 Å². The molecule has 1 saturated heterocycles. The number of hydrogen-bond acceptors (Lipinski definition) is 2. The summed E-state index contributed by atoms with van der Waals surface area (Å²) in [6.45, 7) is 7.43. The first kappa shape index (κ1) is 12.8. The smallest absolute Gasteiger partial charge is 0.317 e. The first-order valence-corrected chi connectivity index (χ1v) is 5.58. The first-order valence-electron chi connectivity index (χ1n) is 5.58. The Bertz CT molecular complexity index is 283. The summed E-state index contributed by atoms with van der Waals surface area (Å²) in [7, 11) is 0. The summed E-state index contributed by atoms with van der Waals surface area (Å²) < 4.78 is 0. The summed E-state index contributed by atoms with van der Waals surface area (Å²) >= 11 is 0. The third kappa shape index (κ3) is 3.40. The lowest BCUT2D eigenvalue weighted by molar-refractivity contribution is -0.137. The van der Waals surface area contributed by atoms with Gasteiger partial charge in [-0.1, -0.05) is 20.8 Å². The van der Waals surface area contributed by atoms with Crippen LogP contribution in [0.2, 0.25) is 0 Å². The van der Waals surface area contributed by atoms with Gasteiger partial charge in [0.1, 0.15) is 0 Å². The molecule has 1 heterocycles. The molecule has 0 aromatic rings. The average molecular weight is 228 g/mol. The molecule has 0 bridgehead atoms. The van der Waals surface area contributed by atoms with E-state index in [-0.39, 0.29) is 23.9 Å². The van der Waals surface area contributed by atoms with Crippen LogP contribution in [0, 0.1) is 5.41 Å². The van der Waals surface area contributed by atoms with Crippen molar-refractivity contribution in [2.45, 2.75) is 39.7 Å². The van der Waals surface area contributed by atoms with Crippen LogP contribution in [0.15, 0.2) is 0 Å². The standard InChI is InChI=1S/C11H20N2O3/c1-11(2,3)8-7-13(10(16)12-8)6-4-5-9(14)15/h8H,4-7H2,1-3H3,(H,12,16)(H,14,15). The third-order valence-electron chi connectivity index (χ3n) is 2.85. The van der Waals surface area contributed by atoms with E-state index in [4.69, 9.17) is 5.11 Å². The van der Waals surface area contributed by atoms with Crippen molar-refractivity contribution in [1.82, 2.24) is 10.2 Å². The second-order valence-electron chi connectivity index (χ2n) is 5.31. The molecular weight excluding hydrogens is 208 g/mol. The van der Waals surface area contributed by atoms with Gasteiger partial charge < -0.3 is 15.3 Å². The summed E-state index contributed by atoms with van der Waals surface area (Å²) in [5, 5.41) is 11.4. The van der Waals surface area contributed by atoms with Crippen LogP contribution >= 0.6 is 0 Å². The van der Waals surface area contributed by atoms with E-state index in [1.807, 2.05) is 0 Å². The zero-order valence-corrected chi connectivity index (χ0v) is 10.1. The summed E-state index contributed by atoms with van der Waals surface area (Å²) in [6.07, 6.45) is 0.629. The number of nitrogens with zero attached hydrogens (tertiary/aromatic N) is 1. The van der Waals surface area contributed by atoms with Gasteiger partial charge in [-0.25, -0.2) is 4.79 Å². The molecule has 1 unspecified atom stereocenters. The molecule has 2 amide bonds. The summed E-state index contributed by atoms with van der Waals surface area (Å²) in [5.74, 6) is -0.813. The number of carboxylic acid groups (broad SMARTS) is 1. The number of hydrogen-bond donors (Lipinski definition) is 2. The third-order valence-corrected chi connectivity index (χ3v) is 2.85. The Balaban J connectivity index is 2.40. The number of urea groups is 1. The highest BCUT2D eigenvalue weighted by atomic mass is 16.4. The second-order valence-corrected chi connectivity index (χ2v) is 5.31. The molecule has 0 aromatic carbocycles. The van der Waals surface area contributed by atoms with E-state index in [9.17, 15) is 9.59 Å². The molecule has 1 rings (SSSR count). The fourth-order valence-electron chi connectivity index (χ4n) is 1.69. The van der Waals surface area contributed by atoms with Gasteiger partial charge in [0, 0.05) is 19.5 Å². The van der Waals surface area contributed by atoms with Crippen LogP contribution in [-0.4, -0.2) is 41.1 Å². The van der Waals surface area contributed by atoms with Crippen molar-refractivity contribution in [2.24, 2.45) is 5.41 Å². The maximum atomic E-state index is 11.6. The van der Waals surface area contributed by atoms with Crippen LogP contribution in [0.25, 0.3) is 0 Å². The number of aliphatic carboxylic acids is 1. The van der Waals surface area contributed by atoms with E-state index in [0.717, 1.165) is 0 Å². The molecule has 2 N–H and O–H groups in total. The van der Waals surface area contributed by atoms with Crippen molar-refractivity contribution >= 4 is 12.0 Å². The molecule has 5 heteroatoms. The van der Waals surface area contributed by atoms with E-state index in [0.29, 0.717) is 19.5 Å². The lowest BCUT2D eigenvalue weighted by Crippen LogP contribution is -2.38. The second kappa shape index (κ2) is 4.72. The zero-order chi connectivity index (χ0) is 12.3. The predicted octanol–water partition coefficient (Wildman–Crippen LogP) is 1.29. The van der Waals surface area contributed by atoms with Crippen LogP contribution in [0.1, 0.15) is 33.6 Å². The number of carboxylic acids is 1. The largest absolute Gasteiger partial charge is 0.481 e. The van der Waals surface area contributed by atoms with Crippen LogP contribution in [0.4, 0.5) is 4.79 Å². The van der Waals surface area contributed by atoms with Crippen LogP contribution in [0.3, 0.4) is 0 Å². The molecule has 16 heavy (non-hydrogen) atoms. The highest BCUT2D eigenvalue weighted by molar-refractivity contribution is 5.77. The molecule has 92 valence electrons. The lowest BCUT2D eigenvalue weighted by Gasteiger charge is -2.25. The van der Waals surface area contributed by atoms with Crippen molar-refractivity contribution in [3.8, 4) is 0 Å². The highest BCUT2D eigenvalue weighted by Gasteiger charge is 2.35. The van der Waals surface area contributed by atoms with Crippen LogP contribution in [-0.2, 0) is 4.79 Å². The molecule has 0 aromatic heterocycles. The first-order chi connectivity index (χ1) is 7.30. The average Bonchev–Trinajstić information content (AvgIpc) is 2.46. The molecule has 5 nitrogen and oxygen atoms in total. The number of rotatable bonds is 4. The normalized spacial score (nSPS) is 21.1. The Morgan fingerprint density at radius 2 is 2.19 bits per heavy atom. The monoisotopic (exact) mass is 228 g/mol. The van der Waals surface area contributed by atoms with Gasteiger partial charge in [-0.05, 0) is 11.8 Å². The molecular formula is C11H20N2O3. The molecule has 0 radical (unpaired) electrons. The van der Waals surface area contributed by atoms with E-state index >= 15 is 0 Å².